The van der Waals surface area contributed by atoms with Gasteiger partial charge in [0, 0.05) is 32.4 Å². The summed E-state index contributed by atoms with van der Waals surface area (Å²) in [6, 6.07) is 9.34. The van der Waals surface area contributed by atoms with Crippen LogP contribution in [0.3, 0.4) is 0 Å². The predicted octanol–water partition coefficient (Wildman–Crippen LogP) is 3.03. The maximum absolute atomic E-state index is 3.53. The fourth-order valence-corrected chi connectivity index (χ4v) is 1.74. The Morgan fingerprint density at radius 1 is 1.19 bits per heavy atom. The second kappa shape index (κ2) is 6.54. The van der Waals surface area contributed by atoms with Gasteiger partial charge in [-0.05, 0) is 31.0 Å². The van der Waals surface area contributed by atoms with E-state index in [2.05, 4.69) is 62.4 Å². The van der Waals surface area contributed by atoms with Crippen molar-refractivity contribution in [2.45, 2.75) is 39.3 Å². The second-order valence-electron chi connectivity index (χ2n) is 4.63. The van der Waals surface area contributed by atoms with Gasteiger partial charge >= 0.3 is 0 Å². The fourth-order valence-electron chi connectivity index (χ4n) is 1.74. The minimum atomic E-state index is 0.610. The molecule has 1 aromatic rings. The van der Waals surface area contributed by atoms with Crippen molar-refractivity contribution in [3.63, 3.8) is 0 Å². The van der Waals surface area contributed by atoms with Crippen molar-refractivity contribution in [3.05, 3.63) is 29.8 Å². The van der Waals surface area contributed by atoms with Crippen LogP contribution < -0.4 is 10.2 Å². The number of nitrogens with zero attached hydrogens (tertiary/aromatic N) is 1. The lowest BCUT2D eigenvalue weighted by Gasteiger charge is -2.15. The van der Waals surface area contributed by atoms with Crippen molar-refractivity contribution in [1.29, 1.82) is 0 Å². The molecule has 0 amide bonds. The van der Waals surface area contributed by atoms with Crippen LogP contribution in [0.5, 0.6) is 0 Å². The molecule has 0 aliphatic heterocycles. The van der Waals surface area contributed by atoms with E-state index < -0.39 is 0 Å². The van der Waals surface area contributed by atoms with Crippen LogP contribution in [0.1, 0.15) is 32.3 Å². The van der Waals surface area contributed by atoms with Crippen LogP contribution >= 0.6 is 0 Å². The van der Waals surface area contributed by atoms with Crippen molar-refractivity contribution >= 4 is 5.69 Å². The third kappa shape index (κ3) is 4.23. The first-order valence-electron chi connectivity index (χ1n) is 6.13. The van der Waals surface area contributed by atoms with Crippen LogP contribution in [0, 0.1) is 0 Å². The first-order valence-corrected chi connectivity index (χ1v) is 6.13. The summed E-state index contributed by atoms with van der Waals surface area (Å²) in [5.74, 6) is 0. The largest absolute Gasteiger partial charge is 0.378 e. The van der Waals surface area contributed by atoms with Gasteiger partial charge < -0.3 is 10.2 Å². The quantitative estimate of drug-likeness (QED) is 0.792. The van der Waals surface area contributed by atoms with E-state index in [0.29, 0.717) is 6.04 Å². The van der Waals surface area contributed by atoms with Gasteiger partial charge in [0.15, 0.2) is 0 Å². The molecule has 2 nitrogen and oxygen atoms in total. The van der Waals surface area contributed by atoms with Crippen LogP contribution in [-0.4, -0.2) is 20.1 Å². The molecule has 0 aliphatic carbocycles. The minimum absolute atomic E-state index is 0.610. The van der Waals surface area contributed by atoms with Gasteiger partial charge in [-0.1, -0.05) is 25.5 Å². The molecule has 0 aliphatic rings. The molecule has 0 spiro atoms. The zero-order valence-electron chi connectivity index (χ0n) is 11.0. The van der Waals surface area contributed by atoms with Gasteiger partial charge in [0.05, 0.1) is 0 Å². The number of benzene rings is 1. The first kappa shape index (κ1) is 13.0. The van der Waals surface area contributed by atoms with Gasteiger partial charge in [0.25, 0.3) is 0 Å². The Labute approximate surface area is 99.7 Å². The molecular formula is C14H24N2. The molecule has 0 radical (unpaired) electrons. The summed E-state index contributed by atoms with van der Waals surface area (Å²) in [6.07, 6.45) is 2.49. The Bertz CT molecular complexity index is 290. The smallest absolute Gasteiger partial charge is 0.0361 e. The third-order valence-electron chi connectivity index (χ3n) is 2.83. The topological polar surface area (TPSA) is 15.3 Å². The molecule has 0 heterocycles. The van der Waals surface area contributed by atoms with E-state index in [1.807, 2.05) is 0 Å². The second-order valence-corrected chi connectivity index (χ2v) is 4.63. The average molecular weight is 220 g/mol. The molecular weight excluding hydrogens is 196 g/mol. The molecule has 0 bridgehead atoms. The van der Waals surface area contributed by atoms with E-state index in [9.17, 15) is 0 Å². The number of anilines is 1. The third-order valence-corrected chi connectivity index (χ3v) is 2.83. The number of hydrogen-bond acceptors (Lipinski definition) is 2. The molecule has 1 aromatic carbocycles. The van der Waals surface area contributed by atoms with E-state index in [4.69, 9.17) is 0 Å². The van der Waals surface area contributed by atoms with E-state index in [0.717, 1.165) is 6.54 Å². The number of nitrogens with one attached hydrogen (secondary N) is 1. The van der Waals surface area contributed by atoms with Gasteiger partial charge in [0.2, 0.25) is 0 Å². The predicted molar refractivity (Wildman–Crippen MR) is 72.0 cm³/mol. The lowest BCUT2D eigenvalue weighted by Crippen LogP contribution is -2.25. The molecule has 0 saturated carbocycles. The lowest BCUT2D eigenvalue weighted by atomic mass is 10.1. The zero-order chi connectivity index (χ0) is 12.0. The minimum Gasteiger partial charge on any atom is -0.378 e. The highest BCUT2D eigenvalue weighted by atomic mass is 15.1. The van der Waals surface area contributed by atoms with Crippen LogP contribution in [0.4, 0.5) is 5.69 Å². The summed E-state index contributed by atoms with van der Waals surface area (Å²) >= 11 is 0. The summed E-state index contributed by atoms with van der Waals surface area (Å²) in [6.45, 7) is 5.44. The molecule has 1 atom stereocenters. The van der Waals surface area contributed by atoms with Crippen LogP contribution in [-0.2, 0) is 6.54 Å². The first-order chi connectivity index (χ1) is 7.63. The number of rotatable bonds is 6. The molecule has 16 heavy (non-hydrogen) atoms. The molecule has 0 fully saturated rings. The zero-order valence-corrected chi connectivity index (χ0v) is 11.0. The Hall–Kier alpha value is -1.02. The van der Waals surface area contributed by atoms with Crippen LogP contribution in [0.2, 0.25) is 0 Å². The van der Waals surface area contributed by atoms with Gasteiger partial charge in [-0.15, -0.1) is 0 Å². The Morgan fingerprint density at radius 2 is 1.81 bits per heavy atom. The lowest BCUT2D eigenvalue weighted by molar-refractivity contribution is 0.508. The van der Waals surface area contributed by atoms with Crippen molar-refractivity contribution in [2.24, 2.45) is 0 Å². The maximum atomic E-state index is 3.53. The maximum Gasteiger partial charge on any atom is 0.0361 e. The Morgan fingerprint density at radius 3 is 2.31 bits per heavy atom. The van der Waals surface area contributed by atoms with Gasteiger partial charge in [-0.3, -0.25) is 0 Å². The van der Waals surface area contributed by atoms with Gasteiger partial charge in [0.1, 0.15) is 0 Å². The van der Waals surface area contributed by atoms with Crippen LogP contribution in [0.15, 0.2) is 24.3 Å². The van der Waals surface area contributed by atoms with Crippen molar-refractivity contribution < 1.29 is 0 Å². The van der Waals surface area contributed by atoms with E-state index in [-0.39, 0.29) is 0 Å². The Balaban J connectivity index is 2.43. The highest BCUT2D eigenvalue weighted by Gasteiger charge is 2.00. The molecule has 90 valence electrons. The fraction of sp³-hybridized carbons (Fsp3) is 0.571. The highest BCUT2D eigenvalue weighted by molar-refractivity contribution is 5.45. The van der Waals surface area contributed by atoms with E-state index in [1.54, 1.807) is 0 Å². The molecule has 1 N–H and O–H groups in total. The number of hydrogen-bond donors (Lipinski definition) is 1. The summed E-state index contributed by atoms with van der Waals surface area (Å²) in [5, 5.41) is 3.53. The van der Waals surface area contributed by atoms with Crippen molar-refractivity contribution in [2.75, 3.05) is 19.0 Å². The van der Waals surface area contributed by atoms with Crippen LogP contribution in [0.25, 0.3) is 0 Å². The van der Waals surface area contributed by atoms with E-state index in [1.165, 1.54) is 24.1 Å². The molecule has 1 rings (SSSR count). The van der Waals surface area contributed by atoms with Crippen molar-refractivity contribution in [3.8, 4) is 0 Å². The average Bonchev–Trinajstić information content (AvgIpc) is 2.27. The van der Waals surface area contributed by atoms with E-state index >= 15 is 0 Å². The van der Waals surface area contributed by atoms with Crippen molar-refractivity contribution in [1.82, 2.24) is 5.32 Å². The standard InChI is InChI=1S/C14H24N2/c1-5-6-12(2)15-11-13-7-9-14(10-8-13)16(3)4/h7-10,12,15H,5-6,11H2,1-4H3. The van der Waals surface area contributed by atoms with Gasteiger partial charge in [-0.25, -0.2) is 0 Å². The molecule has 2 heteroatoms. The Kier molecular flexibility index (Phi) is 5.33. The highest BCUT2D eigenvalue weighted by Crippen LogP contribution is 2.12. The summed E-state index contributed by atoms with van der Waals surface area (Å²) in [5.41, 5.74) is 2.61. The molecule has 0 saturated heterocycles. The summed E-state index contributed by atoms with van der Waals surface area (Å²) < 4.78 is 0. The summed E-state index contributed by atoms with van der Waals surface area (Å²) in [4.78, 5) is 2.12. The SMILES string of the molecule is CCCC(C)NCc1ccc(N(C)C)cc1. The normalized spacial score (nSPS) is 12.5. The monoisotopic (exact) mass is 220 g/mol. The molecule has 0 aromatic heterocycles. The summed E-state index contributed by atoms with van der Waals surface area (Å²) in [7, 11) is 4.13. The van der Waals surface area contributed by atoms with Gasteiger partial charge in [-0.2, -0.15) is 0 Å². The molecule has 1 unspecified atom stereocenters.